The van der Waals surface area contributed by atoms with E-state index in [0.717, 1.165) is 22.1 Å². The van der Waals surface area contributed by atoms with Gasteiger partial charge < -0.3 is 24.5 Å². The van der Waals surface area contributed by atoms with Gasteiger partial charge in [-0.3, -0.25) is 9.59 Å². The number of nitrogens with zero attached hydrogens (tertiary/aromatic N) is 2. The zero-order chi connectivity index (χ0) is 28.1. The Morgan fingerprint density at radius 3 is 2.77 bits per heavy atom. The average Bonchev–Trinajstić information content (AvgIpc) is 3.28. The molecule has 10 heteroatoms. The summed E-state index contributed by atoms with van der Waals surface area (Å²) in [5.74, 6) is -1.30. The van der Waals surface area contributed by atoms with E-state index >= 15 is 4.39 Å². The monoisotopic (exact) mass is 547 g/mol. The van der Waals surface area contributed by atoms with Gasteiger partial charge in [0.1, 0.15) is 12.4 Å². The number of cyclic esters (lactones) is 1. The molecule has 1 amide bonds. The molecule has 40 heavy (non-hydrogen) atoms. The highest BCUT2D eigenvalue weighted by Gasteiger charge is 2.46. The molecular formula is C30H30FN3O6. The smallest absolute Gasteiger partial charge is 0.343 e. The minimum absolute atomic E-state index is 0.0360. The predicted octanol–water partition coefficient (Wildman–Crippen LogP) is 3.06. The number of esters is 1. The lowest BCUT2D eigenvalue weighted by Gasteiger charge is -2.35. The molecule has 2 aliphatic carbocycles. The summed E-state index contributed by atoms with van der Waals surface area (Å²) in [6.07, 6.45) is 2.66. The van der Waals surface area contributed by atoms with Crippen molar-refractivity contribution in [3.63, 3.8) is 0 Å². The van der Waals surface area contributed by atoms with Gasteiger partial charge in [0.2, 0.25) is 5.91 Å². The van der Waals surface area contributed by atoms with Gasteiger partial charge in [0.15, 0.2) is 5.60 Å². The first-order chi connectivity index (χ1) is 19.2. The maximum Gasteiger partial charge on any atom is 0.343 e. The molecule has 0 unspecified atom stereocenters. The maximum absolute atomic E-state index is 15.1. The minimum Gasteiger partial charge on any atom is -0.458 e. The summed E-state index contributed by atoms with van der Waals surface area (Å²) in [6.45, 7) is 3.41. The Balaban J connectivity index is 1.42. The Labute approximate surface area is 229 Å². The van der Waals surface area contributed by atoms with Crippen LogP contribution in [0.25, 0.3) is 22.3 Å². The van der Waals surface area contributed by atoms with Crippen molar-refractivity contribution in [3.05, 3.63) is 61.7 Å². The lowest BCUT2D eigenvalue weighted by molar-refractivity contribution is -0.172. The molecule has 0 spiro atoms. The van der Waals surface area contributed by atoms with Crippen LogP contribution in [0.1, 0.15) is 72.0 Å². The van der Waals surface area contributed by atoms with Crippen molar-refractivity contribution in [2.45, 2.75) is 76.9 Å². The first-order valence-corrected chi connectivity index (χ1v) is 13.8. The molecule has 7 rings (SSSR count). The van der Waals surface area contributed by atoms with Crippen LogP contribution in [0.5, 0.6) is 0 Å². The number of halogens is 1. The molecule has 9 nitrogen and oxygen atoms in total. The lowest BCUT2D eigenvalue weighted by atomic mass is 9.79. The Morgan fingerprint density at radius 1 is 1.27 bits per heavy atom. The number of carbonyl (C=O) groups is 2. The molecule has 2 aliphatic heterocycles. The van der Waals surface area contributed by atoms with Crippen LogP contribution in [-0.4, -0.2) is 39.7 Å². The maximum atomic E-state index is 15.1. The molecule has 4 heterocycles. The van der Waals surface area contributed by atoms with E-state index in [-0.39, 0.29) is 66.0 Å². The summed E-state index contributed by atoms with van der Waals surface area (Å²) in [6, 6.07) is 2.73. The molecule has 3 aromatic rings. The van der Waals surface area contributed by atoms with Crippen molar-refractivity contribution in [2.75, 3.05) is 7.11 Å². The second kappa shape index (κ2) is 8.68. The van der Waals surface area contributed by atoms with Crippen molar-refractivity contribution in [2.24, 2.45) is 5.92 Å². The third-order valence-corrected chi connectivity index (χ3v) is 9.49. The fourth-order valence-corrected chi connectivity index (χ4v) is 6.96. The molecule has 1 fully saturated rings. The lowest BCUT2D eigenvalue weighted by Crippen LogP contribution is -2.44. The van der Waals surface area contributed by atoms with Crippen LogP contribution < -0.4 is 10.9 Å². The summed E-state index contributed by atoms with van der Waals surface area (Å²) in [7, 11) is 1.65. The number of nitrogens with one attached hydrogen (secondary N) is 1. The van der Waals surface area contributed by atoms with E-state index in [1.807, 2.05) is 0 Å². The van der Waals surface area contributed by atoms with Gasteiger partial charge in [-0.1, -0.05) is 6.92 Å². The third kappa shape index (κ3) is 3.32. The first kappa shape index (κ1) is 25.3. The van der Waals surface area contributed by atoms with Crippen LogP contribution in [0.2, 0.25) is 0 Å². The molecule has 2 atom stereocenters. The number of hydrogen-bond donors (Lipinski definition) is 2. The Bertz CT molecular complexity index is 1710. The van der Waals surface area contributed by atoms with Crippen LogP contribution >= 0.6 is 0 Å². The van der Waals surface area contributed by atoms with Crippen molar-refractivity contribution >= 4 is 22.8 Å². The highest BCUT2D eigenvalue weighted by molar-refractivity contribution is 5.94. The summed E-state index contributed by atoms with van der Waals surface area (Å²) >= 11 is 0. The quantitative estimate of drug-likeness (QED) is 0.377. The molecule has 1 aromatic carbocycles. The molecule has 4 aliphatic rings. The topological polar surface area (TPSA) is 120 Å². The molecular weight excluding hydrogens is 517 g/mol. The van der Waals surface area contributed by atoms with Gasteiger partial charge in [0.05, 0.1) is 41.2 Å². The van der Waals surface area contributed by atoms with Gasteiger partial charge >= 0.3 is 5.97 Å². The fourth-order valence-electron chi connectivity index (χ4n) is 6.96. The number of aromatic nitrogens is 2. The number of ether oxygens (including phenoxy) is 2. The number of aryl methyl sites for hydroxylation is 1. The van der Waals surface area contributed by atoms with E-state index in [1.165, 1.54) is 6.07 Å². The highest BCUT2D eigenvalue weighted by atomic mass is 19.1. The number of amides is 1. The van der Waals surface area contributed by atoms with E-state index < -0.39 is 11.6 Å². The second-order valence-corrected chi connectivity index (χ2v) is 11.4. The number of pyridine rings is 2. The third-order valence-electron chi connectivity index (χ3n) is 9.49. The van der Waals surface area contributed by atoms with E-state index in [4.69, 9.17) is 14.5 Å². The molecule has 0 radical (unpaired) electrons. The van der Waals surface area contributed by atoms with Crippen LogP contribution in [-0.2, 0) is 44.2 Å². The first-order valence-electron chi connectivity index (χ1n) is 13.8. The number of hydrogen-bond acceptors (Lipinski definition) is 7. The molecule has 2 aromatic heterocycles. The van der Waals surface area contributed by atoms with E-state index in [0.29, 0.717) is 48.2 Å². The molecule has 0 bridgehead atoms. The van der Waals surface area contributed by atoms with Gasteiger partial charge in [-0.25, -0.2) is 14.2 Å². The zero-order valence-electron chi connectivity index (χ0n) is 22.6. The number of fused-ring (bicyclic) bond motifs is 5. The van der Waals surface area contributed by atoms with Gasteiger partial charge in [-0.2, -0.15) is 0 Å². The summed E-state index contributed by atoms with van der Waals surface area (Å²) in [4.78, 5) is 44.3. The van der Waals surface area contributed by atoms with E-state index in [9.17, 15) is 19.5 Å². The van der Waals surface area contributed by atoms with E-state index in [2.05, 4.69) is 5.32 Å². The minimum atomic E-state index is -1.94. The average molecular weight is 548 g/mol. The number of rotatable bonds is 4. The fraction of sp³-hybridized carbons (Fsp3) is 0.467. The second-order valence-electron chi connectivity index (χ2n) is 11.4. The molecule has 2 N–H and O–H groups in total. The molecule has 1 saturated carbocycles. The van der Waals surface area contributed by atoms with E-state index in [1.54, 1.807) is 31.6 Å². The molecule has 208 valence electrons. The molecule has 0 saturated heterocycles. The number of carbonyl (C=O) groups excluding carboxylic acids is 2. The van der Waals surface area contributed by atoms with Crippen LogP contribution in [0, 0.1) is 18.7 Å². The summed E-state index contributed by atoms with van der Waals surface area (Å²) in [5, 5.41) is 15.3. The Morgan fingerprint density at radius 2 is 2.05 bits per heavy atom. The summed E-state index contributed by atoms with van der Waals surface area (Å²) < 4.78 is 27.2. The van der Waals surface area contributed by atoms with Gasteiger partial charge in [0, 0.05) is 35.6 Å². The Kier molecular flexibility index (Phi) is 5.50. The van der Waals surface area contributed by atoms with Gasteiger partial charge in [-0.05, 0) is 61.8 Å². The largest absolute Gasteiger partial charge is 0.458 e. The predicted molar refractivity (Wildman–Crippen MR) is 142 cm³/mol. The highest BCUT2D eigenvalue weighted by Crippen LogP contribution is 2.46. The van der Waals surface area contributed by atoms with Crippen molar-refractivity contribution in [1.82, 2.24) is 14.9 Å². The van der Waals surface area contributed by atoms with Crippen molar-refractivity contribution < 1.29 is 28.6 Å². The SMILES string of the molecule is CC[C@@]1(O)C(=O)OCc2c1cc1n(c2=O)Cc2c-1nc1cc(F)c(C)c3c1c2[C@@H](NC(=O)C1CC(OC)C1)CC3. The van der Waals surface area contributed by atoms with Crippen LogP contribution in [0.4, 0.5) is 4.39 Å². The Hall–Kier alpha value is -3.63. The van der Waals surface area contributed by atoms with Gasteiger partial charge in [-0.15, -0.1) is 0 Å². The standard InChI is InChI=1S/C30H30FN3O6/c1-4-30(38)19-9-23-26-17(11-34(23)28(36)18(19)12-40-29(30)37)25-21(33-27(35)14-7-15(8-14)39-3)6-5-16-13(2)20(31)10-22(32-26)24(16)25/h9-10,14-15,21,38H,4-8,11-12H2,1-3H3,(H,33,35)/t14?,15?,21-,30-/m0/s1. The summed E-state index contributed by atoms with van der Waals surface area (Å²) in [5.41, 5.74) is 2.67. The van der Waals surface area contributed by atoms with Crippen molar-refractivity contribution in [3.8, 4) is 11.4 Å². The number of aliphatic hydroxyl groups is 1. The number of benzene rings is 1. The number of methoxy groups -OCH3 is 1. The van der Waals surface area contributed by atoms with Crippen molar-refractivity contribution in [1.29, 1.82) is 0 Å². The van der Waals surface area contributed by atoms with Gasteiger partial charge in [0.25, 0.3) is 5.56 Å². The zero-order valence-corrected chi connectivity index (χ0v) is 22.6. The normalized spacial score (nSPS) is 26.0. The van der Waals surface area contributed by atoms with Crippen LogP contribution in [0.15, 0.2) is 16.9 Å². The van der Waals surface area contributed by atoms with Crippen LogP contribution in [0.3, 0.4) is 0 Å².